The van der Waals surface area contributed by atoms with Crippen molar-refractivity contribution in [3.8, 4) is 0 Å². The standard InChI is InChI=1S/C16H30N8O6/c17-9(3-1-7-23-15(19)20)13(27)29-11(25)5-6-12(26)30-14(28)10(18)4-2-8-24-16(21)22/h9-10H,1-8,17-18H2,(H4,19,20,23)(H4,21,22,24)/t9-,10-/m0/s1. The van der Waals surface area contributed by atoms with Gasteiger partial charge in [0.2, 0.25) is 0 Å². The minimum atomic E-state index is -1.05. The van der Waals surface area contributed by atoms with Gasteiger partial charge in [-0.1, -0.05) is 0 Å². The Kier molecular flexibility index (Phi) is 13.1. The van der Waals surface area contributed by atoms with Gasteiger partial charge in [0.05, 0.1) is 12.8 Å². The zero-order chi connectivity index (χ0) is 23.1. The number of carbonyl (C=O) groups excluding carboxylic acids is 4. The minimum Gasteiger partial charge on any atom is -0.392 e. The van der Waals surface area contributed by atoms with Crippen LogP contribution in [-0.2, 0) is 28.7 Å². The molecule has 0 fully saturated rings. The fourth-order valence-corrected chi connectivity index (χ4v) is 1.96. The summed E-state index contributed by atoms with van der Waals surface area (Å²) in [6.07, 6.45) is 0.254. The number of carbonyl (C=O) groups is 4. The van der Waals surface area contributed by atoms with Crippen LogP contribution in [-0.4, -0.2) is 61.0 Å². The second-order valence-electron chi connectivity index (χ2n) is 6.20. The molecule has 0 unspecified atom stereocenters. The number of hydrogen-bond donors (Lipinski definition) is 6. The molecule has 12 N–H and O–H groups in total. The van der Waals surface area contributed by atoms with Crippen LogP contribution >= 0.6 is 0 Å². The van der Waals surface area contributed by atoms with E-state index in [4.69, 9.17) is 34.4 Å². The first kappa shape index (κ1) is 26.7. The largest absolute Gasteiger partial charge is 0.392 e. The molecule has 14 nitrogen and oxygen atoms in total. The lowest BCUT2D eigenvalue weighted by molar-refractivity contribution is -0.166. The van der Waals surface area contributed by atoms with Crippen molar-refractivity contribution in [2.45, 2.75) is 50.6 Å². The van der Waals surface area contributed by atoms with Crippen molar-refractivity contribution in [2.24, 2.45) is 44.4 Å². The first-order valence-corrected chi connectivity index (χ1v) is 9.13. The van der Waals surface area contributed by atoms with Crippen molar-refractivity contribution in [1.29, 1.82) is 0 Å². The van der Waals surface area contributed by atoms with Gasteiger partial charge in [-0.25, -0.2) is 9.59 Å². The van der Waals surface area contributed by atoms with Gasteiger partial charge in [0.25, 0.3) is 0 Å². The molecular formula is C16H30N8O6. The molecule has 0 aliphatic heterocycles. The molecule has 30 heavy (non-hydrogen) atoms. The van der Waals surface area contributed by atoms with E-state index in [1.807, 2.05) is 0 Å². The number of hydrogen-bond acceptors (Lipinski definition) is 10. The minimum absolute atomic E-state index is 0.0846. The molecule has 170 valence electrons. The molecule has 0 radical (unpaired) electrons. The van der Waals surface area contributed by atoms with E-state index in [0.717, 1.165) is 0 Å². The molecule has 14 heteroatoms. The number of nitrogens with zero attached hydrogens (tertiary/aromatic N) is 2. The monoisotopic (exact) mass is 430 g/mol. The third kappa shape index (κ3) is 13.8. The van der Waals surface area contributed by atoms with Crippen LogP contribution in [0.2, 0.25) is 0 Å². The van der Waals surface area contributed by atoms with Gasteiger partial charge in [0.1, 0.15) is 12.1 Å². The third-order valence-corrected chi connectivity index (χ3v) is 3.50. The molecule has 0 heterocycles. The quantitative estimate of drug-likeness (QED) is 0.0550. The number of ether oxygens (including phenoxy) is 2. The van der Waals surface area contributed by atoms with E-state index in [1.54, 1.807) is 0 Å². The maximum absolute atomic E-state index is 11.7. The van der Waals surface area contributed by atoms with Crippen LogP contribution in [0.5, 0.6) is 0 Å². The van der Waals surface area contributed by atoms with Gasteiger partial charge in [-0.15, -0.1) is 0 Å². The lowest BCUT2D eigenvalue weighted by atomic mass is 10.1. The summed E-state index contributed by atoms with van der Waals surface area (Å²) in [5, 5.41) is 0. The molecule has 0 spiro atoms. The Morgan fingerprint density at radius 3 is 1.30 bits per heavy atom. The number of rotatable bonds is 13. The lowest BCUT2D eigenvalue weighted by Crippen LogP contribution is -2.35. The highest BCUT2D eigenvalue weighted by Crippen LogP contribution is 2.03. The van der Waals surface area contributed by atoms with Crippen molar-refractivity contribution in [1.82, 2.24) is 0 Å². The summed E-state index contributed by atoms with van der Waals surface area (Å²) in [4.78, 5) is 54.1. The van der Waals surface area contributed by atoms with Gasteiger partial charge in [-0.05, 0) is 25.7 Å². The Balaban J connectivity index is 4.12. The van der Waals surface area contributed by atoms with Gasteiger partial charge in [0.15, 0.2) is 11.9 Å². The first-order valence-electron chi connectivity index (χ1n) is 9.13. The lowest BCUT2D eigenvalue weighted by Gasteiger charge is -2.10. The van der Waals surface area contributed by atoms with Crippen LogP contribution in [0, 0.1) is 0 Å². The highest BCUT2D eigenvalue weighted by atomic mass is 16.6. The molecule has 0 aromatic rings. The SMILES string of the molecule is NC(N)=NCCC[C@H](N)C(=O)OC(=O)CCC(=O)OC(=O)[C@@H](N)CCCN=C(N)N. The third-order valence-electron chi connectivity index (χ3n) is 3.50. The average Bonchev–Trinajstić information content (AvgIpc) is 2.66. The molecule has 0 aliphatic carbocycles. The van der Waals surface area contributed by atoms with Crippen molar-refractivity contribution >= 4 is 35.8 Å². The number of aliphatic imine (C=N–C) groups is 2. The predicted molar refractivity (Wildman–Crippen MR) is 107 cm³/mol. The second-order valence-corrected chi connectivity index (χ2v) is 6.20. The Morgan fingerprint density at radius 1 is 0.667 bits per heavy atom. The molecule has 0 rings (SSSR count). The molecule has 0 saturated carbocycles. The topological polar surface area (TPSA) is 268 Å². The molecule has 0 amide bonds. The van der Waals surface area contributed by atoms with Crippen molar-refractivity contribution in [3.05, 3.63) is 0 Å². The molecule has 0 saturated heterocycles. The Labute approximate surface area is 173 Å². The van der Waals surface area contributed by atoms with Crippen LogP contribution in [0.15, 0.2) is 9.98 Å². The Hall–Kier alpha value is -3.26. The van der Waals surface area contributed by atoms with Crippen LogP contribution in [0.25, 0.3) is 0 Å². The van der Waals surface area contributed by atoms with E-state index in [1.165, 1.54) is 0 Å². The zero-order valence-corrected chi connectivity index (χ0v) is 16.6. The highest BCUT2D eigenvalue weighted by molar-refractivity contribution is 5.92. The normalized spacial score (nSPS) is 12.2. The summed E-state index contributed by atoms with van der Waals surface area (Å²) in [7, 11) is 0. The van der Waals surface area contributed by atoms with E-state index in [0.29, 0.717) is 12.8 Å². The number of guanidine groups is 2. The van der Waals surface area contributed by atoms with Crippen molar-refractivity contribution < 1.29 is 28.7 Å². The summed E-state index contributed by atoms with van der Waals surface area (Å²) in [5.41, 5.74) is 31.8. The van der Waals surface area contributed by atoms with Crippen LogP contribution in [0.4, 0.5) is 0 Å². The van der Waals surface area contributed by atoms with E-state index in [-0.39, 0.29) is 37.9 Å². The van der Waals surface area contributed by atoms with Crippen molar-refractivity contribution in [2.75, 3.05) is 13.1 Å². The smallest absolute Gasteiger partial charge is 0.330 e. The fourth-order valence-electron chi connectivity index (χ4n) is 1.96. The zero-order valence-electron chi connectivity index (χ0n) is 16.6. The second kappa shape index (κ2) is 14.7. The predicted octanol–water partition coefficient (Wildman–Crippen LogP) is -3.33. The summed E-state index contributed by atoms with van der Waals surface area (Å²) < 4.78 is 9.08. The van der Waals surface area contributed by atoms with Crippen LogP contribution in [0.3, 0.4) is 0 Å². The van der Waals surface area contributed by atoms with Gasteiger partial charge >= 0.3 is 23.9 Å². The number of nitrogens with two attached hydrogens (primary N) is 6. The summed E-state index contributed by atoms with van der Waals surface area (Å²) in [5.74, 6) is -4.03. The van der Waals surface area contributed by atoms with Gasteiger partial charge in [-0.2, -0.15) is 0 Å². The Morgan fingerprint density at radius 2 is 1.00 bits per heavy atom. The molecule has 0 aromatic heterocycles. The summed E-state index contributed by atoms with van der Waals surface area (Å²) in [6.45, 7) is 0.543. The number of esters is 4. The fraction of sp³-hybridized carbons (Fsp3) is 0.625. The highest BCUT2D eigenvalue weighted by Gasteiger charge is 2.22. The summed E-state index contributed by atoms with van der Waals surface area (Å²) >= 11 is 0. The van der Waals surface area contributed by atoms with Crippen molar-refractivity contribution in [3.63, 3.8) is 0 Å². The maximum Gasteiger partial charge on any atom is 0.330 e. The molecule has 0 aromatic carbocycles. The van der Waals surface area contributed by atoms with E-state index in [9.17, 15) is 19.2 Å². The van der Waals surface area contributed by atoms with Crippen LogP contribution < -0.4 is 34.4 Å². The summed E-state index contributed by atoms with van der Waals surface area (Å²) in [6, 6.07) is -2.10. The molecule has 0 aliphatic rings. The van der Waals surface area contributed by atoms with Gasteiger partial charge in [0, 0.05) is 13.1 Å². The average molecular weight is 430 g/mol. The molecule has 0 bridgehead atoms. The van der Waals surface area contributed by atoms with E-state index < -0.39 is 48.8 Å². The molecular weight excluding hydrogens is 400 g/mol. The van der Waals surface area contributed by atoms with E-state index in [2.05, 4.69) is 19.5 Å². The van der Waals surface area contributed by atoms with Gasteiger partial charge < -0.3 is 43.9 Å². The maximum atomic E-state index is 11.7. The Bertz CT molecular complexity index is 602. The van der Waals surface area contributed by atoms with E-state index >= 15 is 0 Å². The molecule has 2 atom stereocenters. The first-order chi connectivity index (χ1) is 14.0. The van der Waals surface area contributed by atoms with Crippen LogP contribution in [0.1, 0.15) is 38.5 Å². The van der Waals surface area contributed by atoms with Gasteiger partial charge in [-0.3, -0.25) is 19.6 Å².